The molecule has 0 amide bonds. The number of aryl methyl sites for hydroxylation is 3. The van der Waals surface area contributed by atoms with Gasteiger partial charge in [-0.25, -0.2) is 49.1 Å². The molecule has 0 spiro atoms. The molecule has 0 saturated heterocycles. The number of hydrogen-bond acceptors (Lipinski definition) is 32. The average molecular weight is 2070 g/mol. The Kier molecular flexibility index (Phi) is 55.2. The molecule has 1 atom stereocenters. The molecule has 0 aliphatic carbocycles. The maximum absolute atomic E-state index is 11.9. The number of methoxy groups -OCH3 is 10. The molecule has 31 nitrogen and oxygen atoms in total. The van der Waals surface area contributed by atoms with Gasteiger partial charge in [0.2, 0.25) is 52.5 Å². The van der Waals surface area contributed by atoms with E-state index in [9.17, 15) is 24.3 Å². The number of carbonyl (C=O) groups is 4. The monoisotopic (exact) mass is 2070 g/mol. The molecule has 6 aromatic heterocycles. The second kappa shape index (κ2) is 64.1. The third-order valence-corrected chi connectivity index (χ3v) is 19.5. The van der Waals surface area contributed by atoms with Crippen LogP contribution in [0.5, 0.6) is 34.5 Å². The first-order valence-electron chi connectivity index (χ1n) is 40.0. The topological polar surface area (TPSA) is 377 Å². The van der Waals surface area contributed by atoms with E-state index in [0.29, 0.717) is 125 Å². The van der Waals surface area contributed by atoms with Crippen molar-refractivity contribution in [1.29, 1.82) is 0 Å². The van der Waals surface area contributed by atoms with Crippen LogP contribution in [0, 0.1) is 6.92 Å². The van der Waals surface area contributed by atoms with Gasteiger partial charge in [-0.05, 0) is 171 Å². The number of aliphatic hydroxyl groups is 1. The van der Waals surface area contributed by atoms with Gasteiger partial charge in [0.25, 0.3) is 0 Å². The van der Waals surface area contributed by atoms with Gasteiger partial charge < -0.3 is 94.6 Å². The molecular weight excluding hydrogens is 1960 g/mol. The van der Waals surface area contributed by atoms with Gasteiger partial charge in [-0.3, -0.25) is 0 Å². The number of aromatic nitrogens is 6. The molecular formula is C94H107AlBBr3ClLiN7O24S. The fourth-order valence-corrected chi connectivity index (χ4v) is 12.6. The van der Waals surface area contributed by atoms with E-state index in [1.54, 1.807) is 109 Å². The largest absolute Gasteiger partial charge is 1.00 e. The molecule has 0 saturated carbocycles. The molecule has 1 radical (unpaired) electrons. The Bertz CT molecular complexity index is 5470. The summed E-state index contributed by atoms with van der Waals surface area (Å²) in [6.45, 7) is 8.58. The van der Waals surface area contributed by atoms with Gasteiger partial charge in [0.1, 0.15) is 75.3 Å². The Morgan fingerprint density at radius 3 is 1.11 bits per heavy atom. The van der Waals surface area contributed by atoms with Crippen LogP contribution in [0.3, 0.4) is 0 Å². The summed E-state index contributed by atoms with van der Waals surface area (Å²) >= 11 is 19.2. The van der Waals surface area contributed by atoms with Crippen molar-refractivity contribution in [3.05, 3.63) is 283 Å². The summed E-state index contributed by atoms with van der Waals surface area (Å²) < 4.78 is 101. The Morgan fingerprint density at radius 1 is 0.436 bits per heavy atom. The minimum Gasteiger partial charge on any atom is -1.00 e. The van der Waals surface area contributed by atoms with Crippen LogP contribution in [-0.4, -0.2) is 175 Å². The van der Waals surface area contributed by atoms with E-state index in [1.807, 2.05) is 170 Å². The van der Waals surface area contributed by atoms with Crippen molar-refractivity contribution in [2.24, 2.45) is 4.30 Å². The number of alkyl halides is 4. The predicted molar refractivity (Wildman–Crippen MR) is 521 cm³/mol. The average Bonchev–Trinajstić information content (AvgIpc) is 1.74. The van der Waals surface area contributed by atoms with Crippen LogP contribution >= 0.6 is 72.2 Å². The number of oxazole rings is 6. The van der Waals surface area contributed by atoms with Crippen LogP contribution in [0.15, 0.2) is 176 Å². The van der Waals surface area contributed by atoms with Crippen molar-refractivity contribution in [2.75, 3.05) is 90.9 Å². The molecule has 1 N–H and O–H groups in total. The van der Waals surface area contributed by atoms with Gasteiger partial charge in [-0.15, -0.1) is 11.6 Å². The molecule has 0 aliphatic rings. The van der Waals surface area contributed by atoms with Crippen molar-refractivity contribution in [3.63, 3.8) is 0 Å². The fraction of sp³-hybridized carbons (Fsp3) is 0.298. The number of nitrogens with zero attached hydrogens (tertiary/aromatic N) is 7. The second-order valence-corrected chi connectivity index (χ2v) is 29.0. The minimum atomic E-state index is -0.580. The smallest absolute Gasteiger partial charge is 1.00 e. The van der Waals surface area contributed by atoms with Crippen molar-refractivity contribution >= 4 is 170 Å². The number of benzene rings is 6. The van der Waals surface area contributed by atoms with Gasteiger partial charge in [0.15, 0.2) is 29.0 Å². The maximum atomic E-state index is 11.9. The second-order valence-electron chi connectivity index (χ2n) is 26.3. The molecule has 12 aromatic rings. The van der Waals surface area contributed by atoms with E-state index in [2.05, 4.69) is 107 Å². The molecule has 0 fully saturated rings. The molecule has 133 heavy (non-hydrogen) atoms. The molecule has 6 aromatic carbocycles. The SMILES string of the molecule is CCOC(=O)c1oc(/C=C/c2ccc(OC)cc2)nc1CBr.CCOC(=O)c1oc(C(Br)Cc2ccc(OC)cc2)nc1CBr.CCOC(=O)c1oc(CCc2ccc(OC)cc2)nc1C.COCc1nc(/C=C/c2ccc(OC)cc2)oc1C(=O)OC.COCc1nc(/C=C/c2ccc(OC)cc2)oc1CCl.COCc1nc(/C=C/c2ccc(OC)cc2)oc1CO.[AlH3].[B]=NS.[H-].[Li+]. The summed E-state index contributed by atoms with van der Waals surface area (Å²) in [5, 5.41) is 10.0. The predicted octanol–water partition coefficient (Wildman–Crippen LogP) is 16.4. The van der Waals surface area contributed by atoms with Crippen molar-refractivity contribution in [2.45, 2.75) is 94.8 Å². The van der Waals surface area contributed by atoms with E-state index in [0.717, 1.165) is 80.0 Å². The number of aliphatic hydroxyl groups excluding tert-OH is 1. The van der Waals surface area contributed by atoms with Crippen molar-refractivity contribution < 1.29 is 133 Å². The first kappa shape index (κ1) is 114. The molecule has 6 heterocycles. The zero-order valence-electron chi connectivity index (χ0n) is 76.7. The van der Waals surface area contributed by atoms with E-state index in [-0.39, 0.29) is 91.2 Å². The van der Waals surface area contributed by atoms with Crippen LogP contribution in [0.2, 0.25) is 0 Å². The van der Waals surface area contributed by atoms with Crippen molar-refractivity contribution in [1.82, 2.24) is 29.9 Å². The van der Waals surface area contributed by atoms with Crippen LogP contribution in [0.4, 0.5) is 0 Å². The number of halogens is 4. The number of rotatable bonds is 37. The van der Waals surface area contributed by atoms with Gasteiger partial charge in [-0.2, -0.15) is 0 Å². The number of thiol groups is 1. The fourth-order valence-electron chi connectivity index (χ4n) is 11.0. The molecule has 703 valence electrons. The summed E-state index contributed by atoms with van der Waals surface area (Å²) in [6, 6.07) is 46.0. The standard InChI is InChI=1S/C16H17Br2NO4.C16H16BrNO4.C16H17NO5.C16H19NO4.C15H16ClNO3.C15H17NO4.Al.BHNS.Li.4H/c1-3-22-16(20)14-13(9-17)19-15(23-14)12(18)8-10-4-6-11(21-2)7-5-10;1-3-21-16(19)15-13(10-17)18-14(22-15)9-6-11-4-7-12(20-2)8-5-11;1-19-10-13-15(16(18)21-3)22-14(17-13)9-6-11-4-7-12(20-2)8-5-11;1-4-20-16(18)15-11(2)17-14(21-15)10-7-12-5-8-13(19-3)9-6-12;1-18-10-13-14(9-16)20-15(17-13)8-5-11-3-6-12(19-2)7-4-11;1-18-10-13-14(9-17)20-15(16-13)8-5-11-3-6-12(19-2)7-4-11;;1-2-3;;;;;/h4-7,12H,3,8-9H2,1-2H3;4-9H,3,10H2,1-2H3;4-9H,10H2,1-3H3;5-6,8-9H,4,7,10H2,1-3H3;3-8H,9-10H2,1-2H3;3-8,17H,9-10H2,1-2H3;;3H;;;;;/q;;;;;;;;+1;;;;-1/b;2*9-6+;;2*8-5+;;;;;;;. The molecule has 12 rings (SSSR count). The Labute approximate surface area is 833 Å². The van der Waals surface area contributed by atoms with E-state index >= 15 is 0 Å². The Balaban J connectivity index is 0.000000410. The number of carbonyl (C=O) groups excluding carboxylic acids is 4. The van der Waals surface area contributed by atoms with Gasteiger partial charge in [-0.1, -0.05) is 121 Å². The molecule has 0 bridgehead atoms. The molecule has 0 aliphatic heterocycles. The zero-order chi connectivity index (χ0) is 95.4. The number of ether oxygens (including phenoxy) is 13. The number of esters is 4. The summed E-state index contributed by atoms with van der Waals surface area (Å²) in [4.78, 5) is 72.5. The first-order chi connectivity index (χ1) is 63.5. The van der Waals surface area contributed by atoms with Crippen LogP contribution in [0.25, 0.3) is 48.6 Å². The van der Waals surface area contributed by atoms with E-state index in [1.165, 1.54) is 14.2 Å². The van der Waals surface area contributed by atoms with Gasteiger partial charge in [0, 0.05) is 62.7 Å². The van der Waals surface area contributed by atoms with E-state index in [4.69, 9.17) is 94.9 Å². The third-order valence-electron chi connectivity index (χ3n) is 17.5. The number of hydrogen-bond donors (Lipinski definition) is 2. The zero-order valence-corrected chi connectivity index (χ0v) is 82.2. The van der Waals surface area contributed by atoms with Crippen LogP contribution in [-0.2, 0) is 95.4 Å². The first-order valence-corrected chi connectivity index (χ1v) is 44.1. The maximum Gasteiger partial charge on any atom is 1.00 e. The summed E-state index contributed by atoms with van der Waals surface area (Å²) in [5.74, 6) is 7.31. The van der Waals surface area contributed by atoms with Gasteiger partial charge >= 0.3 is 67.5 Å². The summed E-state index contributed by atoms with van der Waals surface area (Å²) in [7, 11) is 20.1. The van der Waals surface area contributed by atoms with Crippen LogP contribution < -0.4 is 47.3 Å². The minimum absolute atomic E-state index is 0. The summed E-state index contributed by atoms with van der Waals surface area (Å²) in [5.41, 5.74) is 9.60. The Morgan fingerprint density at radius 2 is 0.752 bits per heavy atom. The normalized spacial score (nSPS) is 10.8. The Hall–Kier alpha value is -10.9. The van der Waals surface area contributed by atoms with E-state index < -0.39 is 23.9 Å². The molecule has 1 unspecified atom stereocenters. The van der Waals surface area contributed by atoms with Crippen molar-refractivity contribution in [3.8, 4) is 34.5 Å². The van der Waals surface area contributed by atoms with Crippen LogP contribution in [0.1, 0.15) is 184 Å². The molecule has 39 heteroatoms. The van der Waals surface area contributed by atoms with Gasteiger partial charge in [0.05, 0.1) is 106 Å². The quantitative estimate of drug-likeness (QED) is 0.0120. The third kappa shape index (κ3) is 38.9. The summed E-state index contributed by atoms with van der Waals surface area (Å²) in [6.07, 6.45) is 16.5.